The molecule has 2 N–H and O–H groups in total. The van der Waals surface area contributed by atoms with Crippen molar-refractivity contribution in [3.05, 3.63) is 95.6 Å². The van der Waals surface area contributed by atoms with E-state index in [0.717, 1.165) is 22.3 Å². The number of benzene rings is 3. The minimum atomic E-state index is -1.37. The lowest BCUT2D eigenvalue weighted by Gasteiger charge is -2.17. The van der Waals surface area contributed by atoms with Crippen molar-refractivity contribution in [1.82, 2.24) is 5.32 Å². The molecular weight excluding hydrogens is 394 g/mol. The Hall–Kier alpha value is -3.93. The highest BCUT2D eigenvalue weighted by Crippen LogP contribution is 2.44. The summed E-state index contributed by atoms with van der Waals surface area (Å²) in [7, 11) is 0. The second kappa shape index (κ2) is 8.83. The number of rotatable bonds is 7. The number of carboxylic acid groups (broad SMARTS) is 1. The number of ether oxygens (including phenoxy) is 1. The van der Waals surface area contributed by atoms with E-state index in [9.17, 15) is 19.5 Å². The zero-order valence-electron chi connectivity index (χ0n) is 16.7. The van der Waals surface area contributed by atoms with Gasteiger partial charge in [0.15, 0.2) is 5.78 Å². The van der Waals surface area contributed by atoms with Crippen molar-refractivity contribution in [3.63, 3.8) is 0 Å². The summed E-state index contributed by atoms with van der Waals surface area (Å²) in [6.07, 6.45) is -1.22. The molecule has 3 aromatic rings. The lowest BCUT2D eigenvalue weighted by Crippen LogP contribution is -2.42. The standard InChI is InChI=1S/C25H21NO5/c27-23(16-8-2-1-3-9-16)14-22(24(28)29)26-25(30)31-15-21-19-12-6-4-10-17(19)18-11-5-7-13-20(18)21/h1-13,21-22H,14-15H2,(H,26,30)(H,28,29). The van der Waals surface area contributed by atoms with Crippen molar-refractivity contribution in [2.75, 3.05) is 6.61 Å². The van der Waals surface area contributed by atoms with E-state index in [1.165, 1.54) is 0 Å². The SMILES string of the molecule is O=C(NC(CC(=O)c1ccccc1)C(=O)O)OCC1c2ccccc2-c2ccccc21. The maximum atomic E-state index is 12.3. The third-order valence-corrected chi connectivity index (χ3v) is 5.42. The number of amides is 1. The molecule has 1 aliphatic carbocycles. The second-order valence-electron chi connectivity index (χ2n) is 7.35. The first-order chi connectivity index (χ1) is 15.0. The van der Waals surface area contributed by atoms with Crippen LogP contribution in [0.15, 0.2) is 78.9 Å². The molecule has 31 heavy (non-hydrogen) atoms. The van der Waals surface area contributed by atoms with E-state index < -0.39 is 18.1 Å². The summed E-state index contributed by atoms with van der Waals surface area (Å²) in [5.74, 6) is -1.79. The van der Waals surface area contributed by atoms with Crippen molar-refractivity contribution in [1.29, 1.82) is 0 Å². The Balaban J connectivity index is 1.41. The molecule has 0 saturated heterocycles. The third-order valence-electron chi connectivity index (χ3n) is 5.42. The summed E-state index contributed by atoms with van der Waals surface area (Å²) in [5.41, 5.74) is 4.71. The first-order valence-electron chi connectivity index (χ1n) is 9.97. The van der Waals surface area contributed by atoms with E-state index in [-0.39, 0.29) is 24.7 Å². The molecule has 0 fully saturated rings. The first-order valence-corrected chi connectivity index (χ1v) is 9.97. The van der Waals surface area contributed by atoms with Crippen molar-refractivity contribution in [2.45, 2.75) is 18.4 Å². The summed E-state index contributed by atoms with van der Waals surface area (Å²) in [5, 5.41) is 11.7. The van der Waals surface area contributed by atoms with Gasteiger partial charge in [-0.1, -0.05) is 78.9 Å². The zero-order chi connectivity index (χ0) is 21.8. The average molecular weight is 415 g/mol. The van der Waals surface area contributed by atoms with Gasteiger partial charge in [-0.05, 0) is 22.3 Å². The number of fused-ring (bicyclic) bond motifs is 3. The number of aliphatic carboxylic acids is 1. The minimum Gasteiger partial charge on any atom is -0.480 e. The Morgan fingerprint density at radius 1 is 0.839 bits per heavy atom. The smallest absolute Gasteiger partial charge is 0.407 e. The van der Waals surface area contributed by atoms with Gasteiger partial charge in [0, 0.05) is 17.9 Å². The average Bonchev–Trinajstić information content (AvgIpc) is 3.11. The lowest BCUT2D eigenvalue weighted by molar-refractivity contribution is -0.139. The lowest BCUT2D eigenvalue weighted by atomic mass is 9.98. The maximum absolute atomic E-state index is 12.3. The van der Waals surface area contributed by atoms with Crippen LogP contribution in [0.1, 0.15) is 33.8 Å². The van der Waals surface area contributed by atoms with Gasteiger partial charge in [-0.25, -0.2) is 9.59 Å². The first kappa shape index (κ1) is 20.3. The van der Waals surface area contributed by atoms with Crippen LogP contribution in [0, 0.1) is 0 Å². The van der Waals surface area contributed by atoms with Crippen molar-refractivity contribution < 1.29 is 24.2 Å². The summed E-state index contributed by atoms with van der Waals surface area (Å²) in [4.78, 5) is 36.2. The number of Topliss-reactive ketones (excluding diaryl/α,β-unsaturated/α-hetero) is 1. The van der Waals surface area contributed by atoms with E-state index in [4.69, 9.17) is 4.74 Å². The molecule has 0 aliphatic heterocycles. The Morgan fingerprint density at radius 3 is 1.97 bits per heavy atom. The Kier molecular flexibility index (Phi) is 5.80. The van der Waals surface area contributed by atoms with Gasteiger partial charge in [0.1, 0.15) is 12.6 Å². The molecule has 1 amide bonds. The fourth-order valence-electron chi connectivity index (χ4n) is 3.91. The van der Waals surface area contributed by atoms with Gasteiger partial charge >= 0.3 is 12.1 Å². The minimum absolute atomic E-state index is 0.0683. The number of carbonyl (C=O) groups is 3. The van der Waals surface area contributed by atoms with Gasteiger partial charge < -0.3 is 15.2 Å². The third kappa shape index (κ3) is 4.33. The molecule has 1 aliphatic rings. The highest BCUT2D eigenvalue weighted by molar-refractivity contribution is 5.99. The predicted molar refractivity (Wildman–Crippen MR) is 115 cm³/mol. The van der Waals surface area contributed by atoms with Gasteiger partial charge in [0.25, 0.3) is 0 Å². The molecule has 0 bridgehead atoms. The van der Waals surface area contributed by atoms with Gasteiger partial charge in [-0.15, -0.1) is 0 Å². The molecule has 0 radical (unpaired) electrons. The fourth-order valence-corrected chi connectivity index (χ4v) is 3.91. The zero-order valence-corrected chi connectivity index (χ0v) is 16.7. The second-order valence-corrected chi connectivity index (χ2v) is 7.35. The molecule has 0 spiro atoms. The molecule has 4 rings (SSSR count). The molecule has 0 aromatic heterocycles. The topological polar surface area (TPSA) is 92.7 Å². The van der Waals surface area contributed by atoms with Gasteiger partial charge in [0.05, 0.1) is 0 Å². The van der Waals surface area contributed by atoms with Crippen LogP contribution in [0.5, 0.6) is 0 Å². The molecule has 0 heterocycles. The number of hydrogen-bond acceptors (Lipinski definition) is 4. The van der Waals surface area contributed by atoms with Crippen LogP contribution < -0.4 is 5.32 Å². The number of carbonyl (C=O) groups excluding carboxylic acids is 2. The van der Waals surface area contributed by atoms with Crippen LogP contribution in [0.4, 0.5) is 4.79 Å². The van der Waals surface area contributed by atoms with Crippen LogP contribution in [0.2, 0.25) is 0 Å². The van der Waals surface area contributed by atoms with Crippen LogP contribution >= 0.6 is 0 Å². The van der Waals surface area contributed by atoms with E-state index in [1.807, 2.05) is 48.5 Å². The fraction of sp³-hybridized carbons (Fsp3) is 0.160. The van der Waals surface area contributed by atoms with E-state index in [2.05, 4.69) is 5.32 Å². The normalized spacial score (nSPS) is 13.0. The van der Waals surface area contributed by atoms with E-state index in [0.29, 0.717) is 5.56 Å². The quantitative estimate of drug-likeness (QED) is 0.563. The Labute approximate surface area is 179 Å². The van der Waals surface area contributed by atoms with Crippen molar-refractivity contribution >= 4 is 17.8 Å². The van der Waals surface area contributed by atoms with Crippen molar-refractivity contribution in [2.24, 2.45) is 0 Å². The van der Waals surface area contributed by atoms with Crippen LogP contribution in [0.25, 0.3) is 11.1 Å². The summed E-state index contributed by atoms with van der Waals surface area (Å²) in [6, 6.07) is 22.9. The maximum Gasteiger partial charge on any atom is 0.407 e. The number of ketones is 1. The number of hydrogen-bond donors (Lipinski definition) is 2. The molecular formula is C25H21NO5. The molecule has 1 atom stereocenters. The van der Waals surface area contributed by atoms with Crippen LogP contribution in [-0.2, 0) is 9.53 Å². The predicted octanol–water partition coefficient (Wildman–Crippen LogP) is 4.25. The summed E-state index contributed by atoms with van der Waals surface area (Å²) in [6.45, 7) is 0.0683. The van der Waals surface area contributed by atoms with E-state index in [1.54, 1.807) is 30.3 Å². The Bertz CT molecular complexity index is 1080. The van der Waals surface area contributed by atoms with Gasteiger partial charge in [-0.3, -0.25) is 4.79 Å². The monoisotopic (exact) mass is 415 g/mol. The Morgan fingerprint density at radius 2 is 1.39 bits per heavy atom. The van der Waals surface area contributed by atoms with E-state index >= 15 is 0 Å². The highest BCUT2D eigenvalue weighted by atomic mass is 16.5. The molecule has 1 unspecified atom stereocenters. The number of alkyl carbamates (subject to hydrolysis) is 1. The van der Waals surface area contributed by atoms with Crippen LogP contribution in [0.3, 0.4) is 0 Å². The summed E-state index contributed by atoms with van der Waals surface area (Å²) < 4.78 is 5.38. The molecule has 6 heteroatoms. The van der Waals surface area contributed by atoms with Gasteiger partial charge in [0.2, 0.25) is 0 Å². The summed E-state index contributed by atoms with van der Waals surface area (Å²) >= 11 is 0. The molecule has 156 valence electrons. The van der Waals surface area contributed by atoms with Crippen LogP contribution in [-0.4, -0.2) is 35.6 Å². The number of nitrogens with one attached hydrogen (secondary N) is 1. The number of carboxylic acids is 1. The highest BCUT2D eigenvalue weighted by Gasteiger charge is 2.30. The molecule has 6 nitrogen and oxygen atoms in total. The molecule has 0 saturated carbocycles. The van der Waals surface area contributed by atoms with Crippen molar-refractivity contribution in [3.8, 4) is 11.1 Å². The van der Waals surface area contributed by atoms with Gasteiger partial charge in [-0.2, -0.15) is 0 Å². The largest absolute Gasteiger partial charge is 0.480 e. The molecule has 3 aromatic carbocycles.